The quantitative estimate of drug-likeness (QED) is 0.532. The van der Waals surface area contributed by atoms with Gasteiger partial charge in [0.1, 0.15) is 17.6 Å². The van der Waals surface area contributed by atoms with Crippen LogP contribution in [0.15, 0.2) is 64.1 Å². The summed E-state index contributed by atoms with van der Waals surface area (Å²) in [5.74, 6) is -0.120. The largest absolute Gasteiger partial charge is 0.448 e. The molecule has 0 aliphatic rings. The monoisotopic (exact) mass is 409 g/mol. The van der Waals surface area contributed by atoms with Crippen molar-refractivity contribution in [2.75, 3.05) is 0 Å². The van der Waals surface area contributed by atoms with Crippen LogP contribution in [0.5, 0.6) is 0 Å². The highest BCUT2D eigenvalue weighted by Crippen LogP contribution is 2.25. The van der Waals surface area contributed by atoms with E-state index in [1.54, 1.807) is 18.2 Å². The molecule has 0 saturated heterocycles. The number of hydrogen-bond acceptors (Lipinski definition) is 4. The number of nitrogens with zero attached hydrogens (tertiary/aromatic N) is 2. The Morgan fingerprint density at radius 3 is 2.62 bits per heavy atom. The zero-order valence-electron chi connectivity index (χ0n) is 16.1. The SMILES string of the molecule is CC(C)C(NC(=O)Cn1cnc2c(oc3ccccc32)c1=O)c1ccc(Cl)cc1. The van der Waals surface area contributed by atoms with Gasteiger partial charge in [0.05, 0.1) is 12.4 Å². The average molecular weight is 410 g/mol. The van der Waals surface area contributed by atoms with Gasteiger partial charge in [-0.05, 0) is 35.7 Å². The van der Waals surface area contributed by atoms with Crippen molar-refractivity contribution in [3.05, 3.63) is 75.8 Å². The maximum atomic E-state index is 12.8. The molecule has 1 N–H and O–H groups in total. The van der Waals surface area contributed by atoms with Crippen LogP contribution in [0.4, 0.5) is 0 Å². The minimum absolute atomic E-state index is 0.143. The van der Waals surface area contributed by atoms with Crippen molar-refractivity contribution in [2.24, 2.45) is 5.92 Å². The van der Waals surface area contributed by atoms with Crippen LogP contribution in [-0.2, 0) is 11.3 Å². The predicted molar refractivity (Wildman–Crippen MR) is 113 cm³/mol. The van der Waals surface area contributed by atoms with Crippen molar-refractivity contribution in [1.82, 2.24) is 14.9 Å². The summed E-state index contributed by atoms with van der Waals surface area (Å²) in [6, 6.07) is 14.5. The zero-order valence-corrected chi connectivity index (χ0v) is 16.8. The van der Waals surface area contributed by atoms with E-state index in [-0.39, 0.29) is 35.6 Å². The molecular weight excluding hydrogens is 390 g/mol. The fraction of sp³-hybridized carbons (Fsp3) is 0.227. The Bertz CT molecular complexity index is 1240. The van der Waals surface area contributed by atoms with Crippen LogP contribution in [0.1, 0.15) is 25.5 Å². The van der Waals surface area contributed by atoms with Gasteiger partial charge in [0.15, 0.2) is 0 Å². The van der Waals surface area contributed by atoms with Crippen LogP contribution >= 0.6 is 11.6 Å². The fourth-order valence-electron chi connectivity index (χ4n) is 3.41. The minimum Gasteiger partial charge on any atom is -0.448 e. The van der Waals surface area contributed by atoms with Crippen molar-refractivity contribution in [3.63, 3.8) is 0 Å². The maximum Gasteiger partial charge on any atom is 0.297 e. The molecule has 0 bridgehead atoms. The van der Waals surface area contributed by atoms with E-state index in [2.05, 4.69) is 10.3 Å². The van der Waals surface area contributed by atoms with E-state index in [1.807, 2.05) is 44.2 Å². The van der Waals surface area contributed by atoms with Crippen molar-refractivity contribution in [3.8, 4) is 0 Å². The summed E-state index contributed by atoms with van der Waals surface area (Å²) in [6.07, 6.45) is 1.39. The molecule has 29 heavy (non-hydrogen) atoms. The molecule has 0 spiro atoms. The van der Waals surface area contributed by atoms with Gasteiger partial charge in [-0.25, -0.2) is 4.98 Å². The standard InChI is InChI=1S/C22H20ClN3O3/c1-13(2)19(14-7-9-15(23)10-8-14)25-18(27)11-26-12-24-20-16-5-3-4-6-17(16)29-21(20)22(26)28/h3-10,12-13,19H,11H2,1-2H3,(H,25,27). The van der Waals surface area contributed by atoms with E-state index in [0.717, 1.165) is 10.9 Å². The number of amides is 1. The van der Waals surface area contributed by atoms with Gasteiger partial charge in [-0.1, -0.05) is 49.7 Å². The molecule has 4 rings (SSSR count). The predicted octanol–water partition coefficient (Wildman–Crippen LogP) is 4.31. The number of rotatable bonds is 5. The van der Waals surface area contributed by atoms with Gasteiger partial charge in [-0.2, -0.15) is 0 Å². The topological polar surface area (TPSA) is 77.1 Å². The van der Waals surface area contributed by atoms with Crippen molar-refractivity contribution < 1.29 is 9.21 Å². The van der Waals surface area contributed by atoms with Crippen molar-refractivity contribution >= 4 is 39.6 Å². The van der Waals surface area contributed by atoms with Crippen LogP contribution in [0.3, 0.4) is 0 Å². The summed E-state index contributed by atoms with van der Waals surface area (Å²) in [5, 5.41) is 4.42. The summed E-state index contributed by atoms with van der Waals surface area (Å²) in [7, 11) is 0. The summed E-state index contributed by atoms with van der Waals surface area (Å²) in [5.41, 5.74) is 1.82. The second-order valence-corrected chi connectivity index (χ2v) is 7.73. The first kappa shape index (κ1) is 19.2. The molecule has 7 heteroatoms. The third kappa shape index (κ3) is 3.76. The highest BCUT2D eigenvalue weighted by Gasteiger charge is 2.20. The first-order valence-electron chi connectivity index (χ1n) is 9.35. The molecule has 1 atom stereocenters. The van der Waals surface area contributed by atoms with Crippen molar-refractivity contribution in [2.45, 2.75) is 26.4 Å². The number of halogens is 1. The lowest BCUT2D eigenvalue weighted by Gasteiger charge is -2.23. The molecule has 0 aliphatic heterocycles. The zero-order chi connectivity index (χ0) is 20.5. The van der Waals surface area contributed by atoms with Gasteiger partial charge in [-0.15, -0.1) is 0 Å². The molecule has 0 saturated carbocycles. The Hall–Kier alpha value is -3.12. The Balaban J connectivity index is 1.59. The van der Waals surface area contributed by atoms with E-state index in [0.29, 0.717) is 16.1 Å². The molecule has 4 aromatic rings. The van der Waals surface area contributed by atoms with Crippen LogP contribution in [0, 0.1) is 5.92 Å². The van der Waals surface area contributed by atoms with E-state index in [4.69, 9.17) is 16.0 Å². The fourth-order valence-corrected chi connectivity index (χ4v) is 3.53. The normalized spacial score (nSPS) is 12.6. The average Bonchev–Trinajstić information content (AvgIpc) is 3.08. The number of carbonyl (C=O) groups is 1. The lowest BCUT2D eigenvalue weighted by molar-refractivity contribution is -0.122. The molecule has 1 amide bonds. The van der Waals surface area contributed by atoms with Crippen LogP contribution in [-0.4, -0.2) is 15.5 Å². The van der Waals surface area contributed by atoms with Crippen LogP contribution < -0.4 is 10.9 Å². The first-order chi connectivity index (χ1) is 13.9. The van der Waals surface area contributed by atoms with Gasteiger partial charge in [0.2, 0.25) is 11.5 Å². The summed E-state index contributed by atoms with van der Waals surface area (Å²) in [4.78, 5) is 29.8. The number of aromatic nitrogens is 2. The lowest BCUT2D eigenvalue weighted by Crippen LogP contribution is -2.36. The second-order valence-electron chi connectivity index (χ2n) is 7.29. The van der Waals surface area contributed by atoms with Gasteiger partial charge >= 0.3 is 0 Å². The highest BCUT2D eigenvalue weighted by molar-refractivity contribution is 6.30. The summed E-state index contributed by atoms with van der Waals surface area (Å²) in [6.45, 7) is 3.90. The van der Waals surface area contributed by atoms with Crippen LogP contribution in [0.25, 0.3) is 22.1 Å². The molecule has 0 radical (unpaired) electrons. The Morgan fingerprint density at radius 1 is 1.17 bits per heavy atom. The Labute approximate surface area is 172 Å². The molecule has 1 unspecified atom stereocenters. The highest BCUT2D eigenvalue weighted by atomic mass is 35.5. The van der Waals surface area contributed by atoms with E-state index >= 15 is 0 Å². The minimum atomic E-state index is -0.381. The van der Waals surface area contributed by atoms with Crippen LogP contribution in [0.2, 0.25) is 5.02 Å². The van der Waals surface area contributed by atoms with Gasteiger partial charge in [0.25, 0.3) is 5.56 Å². The summed E-state index contributed by atoms with van der Waals surface area (Å²) < 4.78 is 6.93. The molecule has 2 heterocycles. The third-order valence-electron chi connectivity index (χ3n) is 4.88. The number of nitrogens with one attached hydrogen (secondary N) is 1. The maximum absolute atomic E-state index is 12.8. The molecular formula is C22H20ClN3O3. The third-order valence-corrected chi connectivity index (χ3v) is 5.13. The molecule has 2 aromatic carbocycles. The number of fused-ring (bicyclic) bond motifs is 3. The second kappa shape index (κ2) is 7.72. The molecule has 0 fully saturated rings. The van der Waals surface area contributed by atoms with Gasteiger partial charge in [0, 0.05) is 10.4 Å². The van der Waals surface area contributed by atoms with E-state index < -0.39 is 0 Å². The van der Waals surface area contributed by atoms with Gasteiger partial charge in [-0.3, -0.25) is 14.2 Å². The molecule has 148 valence electrons. The van der Waals surface area contributed by atoms with Gasteiger partial charge < -0.3 is 9.73 Å². The number of para-hydroxylation sites is 1. The smallest absolute Gasteiger partial charge is 0.297 e. The lowest BCUT2D eigenvalue weighted by atomic mass is 9.96. The molecule has 2 aromatic heterocycles. The first-order valence-corrected chi connectivity index (χ1v) is 9.73. The van der Waals surface area contributed by atoms with Crippen molar-refractivity contribution in [1.29, 1.82) is 0 Å². The Kier molecular flexibility index (Phi) is 5.11. The molecule has 6 nitrogen and oxygen atoms in total. The Morgan fingerprint density at radius 2 is 1.90 bits per heavy atom. The number of hydrogen-bond donors (Lipinski definition) is 1. The van der Waals surface area contributed by atoms with E-state index in [9.17, 15) is 9.59 Å². The number of carbonyl (C=O) groups excluding carboxylic acids is 1. The number of benzene rings is 2. The summed E-state index contributed by atoms with van der Waals surface area (Å²) >= 11 is 5.96. The number of furan rings is 1. The van der Waals surface area contributed by atoms with E-state index in [1.165, 1.54) is 10.9 Å². The molecule has 0 aliphatic carbocycles.